The van der Waals surface area contributed by atoms with E-state index in [0.717, 1.165) is 16.7 Å². The summed E-state index contributed by atoms with van der Waals surface area (Å²) in [5.74, 6) is -1.42. The summed E-state index contributed by atoms with van der Waals surface area (Å²) in [5, 5.41) is 1.71. The van der Waals surface area contributed by atoms with Gasteiger partial charge in [0, 0.05) is 11.6 Å². The van der Waals surface area contributed by atoms with E-state index in [1.54, 1.807) is 41.8 Å². The fourth-order valence-electron chi connectivity index (χ4n) is 2.87. The summed E-state index contributed by atoms with van der Waals surface area (Å²) in [6, 6.07) is 13.4. The minimum absolute atomic E-state index is 0.106. The van der Waals surface area contributed by atoms with Gasteiger partial charge in [-0.3, -0.25) is 9.36 Å². The number of rotatable bonds is 3. The maximum Gasteiger partial charge on any atom is 0.336 e. The lowest BCUT2D eigenvalue weighted by atomic mass is 10.2. The lowest BCUT2D eigenvalue weighted by Gasteiger charge is -2.13. The maximum atomic E-state index is 14.1. The molecule has 0 saturated carbocycles. The van der Waals surface area contributed by atoms with Crippen molar-refractivity contribution in [3.63, 3.8) is 0 Å². The van der Waals surface area contributed by atoms with Crippen molar-refractivity contribution in [2.45, 2.75) is 6.54 Å². The predicted octanol–water partition coefficient (Wildman–Crippen LogP) is 3.54. The van der Waals surface area contributed by atoms with E-state index in [4.69, 9.17) is 0 Å². The van der Waals surface area contributed by atoms with Gasteiger partial charge in [0.05, 0.1) is 17.7 Å². The van der Waals surface area contributed by atoms with Gasteiger partial charge in [-0.05, 0) is 29.6 Å². The molecule has 2 heterocycles. The molecule has 0 bridgehead atoms. The van der Waals surface area contributed by atoms with E-state index in [2.05, 4.69) is 0 Å². The molecule has 26 heavy (non-hydrogen) atoms. The Labute approximate surface area is 150 Å². The Morgan fingerprint density at radius 2 is 1.73 bits per heavy atom. The van der Waals surface area contributed by atoms with Gasteiger partial charge in [0.25, 0.3) is 5.56 Å². The van der Waals surface area contributed by atoms with Crippen molar-refractivity contribution in [2.75, 3.05) is 0 Å². The standard InChI is InChI=1S/C19H12F2N2O2S/c20-13-7-6-12(15(21)10-13)11-22-16-8-9-26-17(16)18(24)23(19(22)25)14-4-2-1-3-5-14/h1-10H,11H2. The Bertz CT molecular complexity index is 1230. The molecule has 2 aromatic heterocycles. The molecule has 2 aromatic carbocycles. The van der Waals surface area contributed by atoms with E-state index in [1.807, 2.05) is 0 Å². The molecule has 7 heteroatoms. The molecule has 0 N–H and O–H groups in total. The normalized spacial score (nSPS) is 11.2. The number of nitrogens with zero attached hydrogens (tertiary/aromatic N) is 2. The van der Waals surface area contributed by atoms with Crippen LogP contribution in [0.2, 0.25) is 0 Å². The van der Waals surface area contributed by atoms with Crippen molar-refractivity contribution >= 4 is 21.6 Å². The summed E-state index contributed by atoms with van der Waals surface area (Å²) >= 11 is 1.22. The van der Waals surface area contributed by atoms with Gasteiger partial charge < -0.3 is 0 Å². The van der Waals surface area contributed by atoms with Crippen LogP contribution >= 0.6 is 11.3 Å². The van der Waals surface area contributed by atoms with Gasteiger partial charge in [-0.25, -0.2) is 18.1 Å². The Morgan fingerprint density at radius 1 is 0.962 bits per heavy atom. The van der Waals surface area contributed by atoms with E-state index in [-0.39, 0.29) is 12.1 Å². The number of benzene rings is 2. The smallest absolute Gasteiger partial charge is 0.287 e. The van der Waals surface area contributed by atoms with E-state index in [1.165, 1.54) is 22.0 Å². The largest absolute Gasteiger partial charge is 0.336 e. The van der Waals surface area contributed by atoms with Crippen LogP contribution in [0, 0.1) is 11.6 Å². The lowest BCUT2D eigenvalue weighted by Crippen LogP contribution is -2.38. The highest BCUT2D eigenvalue weighted by atomic mass is 32.1. The number of thiophene rings is 1. The van der Waals surface area contributed by atoms with Crippen molar-refractivity contribution in [2.24, 2.45) is 0 Å². The number of aromatic nitrogens is 2. The number of halogens is 2. The summed E-state index contributed by atoms with van der Waals surface area (Å²) in [7, 11) is 0. The van der Waals surface area contributed by atoms with Gasteiger partial charge in [0.2, 0.25) is 0 Å². The van der Waals surface area contributed by atoms with Gasteiger partial charge in [-0.1, -0.05) is 24.3 Å². The molecule has 0 aliphatic carbocycles. The lowest BCUT2D eigenvalue weighted by molar-refractivity contribution is 0.564. The highest BCUT2D eigenvalue weighted by molar-refractivity contribution is 7.17. The number of hydrogen-bond acceptors (Lipinski definition) is 3. The zero-order valence-corrected chi connectivity index (χ0v) is 14.2. The van der Waals surface area contributed by atoms with Crippen LogP contribution in [0.4, 0.5) is 8.78 Å². The average molecular weight is 370 g/mol. The van der Waals surface area contributed by atoms with Crippen LogP contribution in [0.5, 0.6) is 0 Å². The fraction of sp³-hybridized carbons (Fsp3) is 0.0526. The number of fused-ring (bicyclic) bond motifs is 1. The van der Waals surface area contributed by atoms with Crippen LogP contribution in [-0.4, -0.2) is 9.13 Å². The van der Waals surface area contributed by atoms with Gasteiger partial charge in [0.15, 0.2) is 0 Å². The van der Waals surface area contributed by atoms with Crippen LogP contribution in [-0.2, 0) is 6.54 Å². The molecular formula is C19H12F2N2O2S. The maximum absolute atomic E-state index is 14.1. The van der Waals surface area contributed by atoms with Crippen LogP contribution in [0.1, 0.15) is 5.56 Å². The second-order valence-electron chi connectivity index (χ2n) is 5.72. The molecule has 0 aliphatic rings. The monoisotopic (exact) mass is 370 g/mol. The average Bonchev–Trinajstić information content (AvgIpc) is 3.11. The third-order valence-corrected chi connectivity index (χ3v) is 5.00. The third kappa shape index (κ3) is 2.66. The van der Waals surface area contributed by atoms with Crippen molar-refractivity contribution in [1.29, 1.82) is 0 Å². The molecular weight excluding hydrogens is 358 g/mol. The van der Waals surface area contributed by atoms with Gasteiger partial charge in [-0.2, -0.15) is 0 Å². The molecule has 0 atom stereocenters. The summed E-state index contributed by atoms with van der Waals surface area (Å²) in [6.45, 7) is -0.106. The minimum atomic E-state index is -0.738. The molecule has 4 aromatic rings. The van der Waals surface area contributed by atoms with E-state index < -0.39 is 22.9 Å². The highest BCUT2D eigenvalue weighted by Gasteiger charge is 2.16. The molecule has 0 aliphatic heterocycles. The first-order valence-electron chi connectivity index (χ1n) is 7.78. The second kappa shape index (κ2) is 6.34. The van der Waals surface area contributed by atoms with Gasteiger partial charge in [0.1, 0.15) is 16.3 Å². The first-order valence-corrected chi connectivity index (χ1v) is 8.66. The van der Waals surface area contributed by atoms with Gasteiger partial charge in [-0.15, -0.1) is 11.3 Å². The molecule has 0 spiro atoms. The topological polar surface area (TPSA) is 44.0 Å². The number of para-hydroxylation sites is 1. The van der Waals surface area contributed by atoms with Crippen molar-refractivity contribution in [3.05, 3.63) is 98.0 Å². The van der Waals surface area contributed by atoms with E-state index in [0.29, 0.717) is 15.9 Å². The predicted molar refractivity (Wildman–Crippen MR) is 97.1 cm³/mol. The first kappa shape index (κ1) is 16.4. The highest BCUT2D eigenvalue weighted by Crippen LogP contribution is 2.18. The van der Waals surface area contributed by atoms with E-state index in [9.17, 15) is 18.4 Å². The number of hydrogen-bond donors (Lipinski definition) is 0. The summed E-state index contributed by atoms with van der Waals surface area (Å²) < 4.78 is 30.0. The summed E-state index contributed by atoms with van der Waals surface area (Å²) in [6.07, 6.45) is 0. The molecule has 4 rings (SSSR count). The van der Waals surface area contributed by atoms with Crippen LogP contribution in [0.15, 0.2) is 69.6 Å². The Balaban J connectivity index is 1.99. The molecule has 0 saturated heterocycles. The van der Waals surface area contributed by atoms with Crippen molar-refractivity contribution < 1.29 is 8.78 Å². The molecule has 0 amide bonds. The first-order chi connectivity index (χ1) is 12.6. The summed E-state index contributed by atoms with van der Waals surface area (Å²) in [4.78, 5) is 25.8. The zero-order chi connectivity index (χ0) is 18.3. The Kier molecular flexibility index (Phi) is 4.00. The molecule has 0 unspecified atom stereocenters. The summed E-state index contributed by atoms with van der Waals surface area (Å²) in [5.41, 5.74) is 0.0455. The van der Waals surface area contributed by atoms with Crippen molar-refractivity contribution in [3.8, 4) is 5.69 Å². The quantitative estimate of drug-likeness (QED) is 0.554. The zero-order valence-electron chi connectivity index (χ0n) is 13.4. The molecule has 4 nitrogen and oxygen atoms in total. The minimum Gasteiger partial charge on any atom is -0.287 e. The van der Waals surface area contributed by atoms with Gasteiger partial charge >= 0.3 is 5.69 Å². The van der Waals surface area contributed by atoms with Crippen LogP contribution < -0.4 is 11.2 Å². The second-order valence-corrected chi connectivity index (χ2v) is 6.63. The van der Waals surface area contributed by atoms with Crippen LogP contribution in [0.25, 0.3) is 15.9 Å². The Morgan fingerprint density at radius 3 is 2.46 bits per heavy atom. The van der Waals surface area contributed by atoms with Crippen molar-refractivity contribution in [1.82, 2.24) is 9.13 Å². The molecule has 0 fully saturated rings. The van der Waals surface area contributed by atoms with Crippen LogP contribution in [0.3, 0.4) is 0 Å². The molecule has 0 radical (unpaired) electrons. The third-order valence-electron chi connectivity index (χ3n) is 4.11. The molecule has 130 valence electrons. The SMILES string of the molecule is O=c1c2sccc2n(Cc2ccc(F)cc2F)c(=O)n1-c1ccccc1. The van der Waals surface area contributed by atoms with E-state index >= 15 is 0 Å². The Hall–Kier alpha value is -3.06. The fourth-order valence-corrected chi connectivity index (χ4v) is 3.69.